The van der Waals surface area contributed by atoms with Crippen LogP contribution in [0.5, 0.6) is 0 Å². The van der Waals surface area contributed by atoms with Gasteiger partial charge in [0.1, 0.15) is 12.2 Å². The molecule has 0 bridgehead atoms. The number of carbonyl (C=O) groups excluding carboxylic acids is 2. The van der Waals surface area contributed by atoms with Crippen LogP contribution in [0.1, 0.15) is 22.6 Å². The second-order valence-electron chi connectivity index (χ2n) is 5.65. The molecule has 1 radical (unpaired) electrons. The molecule has 1 atom stereocenters. The van der Waals surface area contributed by atoms with Crippen LogP contribution in [-0.4, -0.2) is 12.2 Å². The molecule has 0 aromatic heterocycles. The Balaban J connectivity index is 2.16. The normalized spacial score (nSPS) is 11.6. The van der Waals surface area contributed by atoms with Crippen molar-refractivity contribution in [3.8, 4) is 0 Å². The maximum atomic E-state index is 12.0. The van der Waals surface area contributed by atoms with E-state index in [1.54, 1.807) is 0 Å². The first-order valence-electron chi connectivity index (χ1n) is 8.08. The highest BCUT2D eigenvalue weighted by Crippen LogP contribution is 2.39. The van der Waals surface area contributed by atoms with E-state index < -0.39 is 5.92 Å². The summed E-state index contributed by atoms with van der Waals surface area (Å²) in [5, 5.41) is 0. The first kappa shape index (κ1) is 16.6. The molecule has 3 rings (SSSR count). The summed E-state index contributed by atoms with van der Waals surface area (Å²) in [7, 11) is 0. The van der Waals surface area contributed by atoms with Crippen LogP contribution < -0.4 is 0 Å². The van der Waals surface area contributed by atoms with Gasteiger partial charge in [-0.15, -0.1) is 0 Å². The van der Waals surface area contributed by atoms with Crippen LogP contribution in [-0.2, 0) is 9.59 Å². The van der Waals surface area contributed by atoms with Crippen LogP contribution in [0.4, 0.5) is 0 Å². The van der Waals surface area contributed by atoms with Gasteiger partial charge in [0.2, 0.25) is 0 Å². The first-order chi connectivity index (χ1) is 12.3. The Hall–Kier alpha value is -3.22. The molecule has 1 unspecified atom stereocenters. The van der Waals surface area contributed by atoms with Crippen LogP contribution in [0.2, 0.25) is 0 Å². The zero-order valence-electron chi connectivity index (χ0n) is 13.6. The standard InChI is InChI=1S/C23H17O2/c24-16-21(18-10-4-1-5-11-18)23(20-14-8-3-9-15-20)22(17-25)19-12-6-2-7-13-19/h1-16,21H. The maximum absolute atomic E-state index is 12.0. The van der Waals surface area contributed by atoms with Gasteiger partial charge in [-0.2, -0.15) is 0 Å². The van der Waals surface area contributed by atoms with Gasteiger partial charge in [0.05, 0.1) is 17.4 Å². The summed E-state index contributed by atoms with van der Waals surface area (Å²) >= 11 is 0. The third-order valence-electron chi connectivity index (χ3n) is 4.12. The average Bonchev–Trinajstić information content (AvgIpc) is 2.70. The van der Waals surface area contributed by atoms with Crippen molar-refractivity contribution in [3.63, 3.8) is 0 Å². The van der Waals surface area contributed by atoms with Crippen molar-refractivity contribution in [2.75, 3.05) is 0 Å². The Labute approximate surface area is 147 Å². The van der Waals surface area contributed by atoms with E-state index in [0.717, 1.165) is 23.0 Å². The van der Waals surface area contributed by atoms with Gasteiger partial charge in [0, 0.05) is 0 Å². The van der Waals surface area contributed by atoms with Gasteiger partial charge in [-0.25, -0.2) is 4.79 Å². The number of rotatable bonds is 6. The van der Waals surface area contributed by atoms with E-state index in [4.69, 9.17) is 0 Å². The molecule has 3 aromatic carbocycles. The molecule has 0 aliphatic heterocycles. The van der Waals surface area contributed by atoms with Crippen molar-refractivity contribution in [1.82, 2.24) is 0 Å². The average molecular weight is 325 g/mol. The quantitative estimate of drug-likeness (QED) is 0.494. The highest BCUT2D eigenvalue weighted by atomic mass is 16.1. The fourth-order valence-electron chi connectivity index (χ4n) is 2.94. The molecular weight excluding hydrogens is 308 g/mol. The van der Waals surface area contributed by atoms with Gasteiger partial charge >= 0.3 is 0 Å². The molecule has 2 heteroatoms. The second-order valence-corrected chi connectivity index (χ2v) is 5.65. The number of carbonyl (C=O) groups is 1. The van der Waals surface area contributed by atoms with E-state index in [2.05, 4.69) is 5.94 Å². The minimum atomic E-state index is -0.541. The van der Waals surface area contributed by atoms with Gasteiger partial charge in [-0.05, 0) is 16.7 Å². The SMILES string of the molecule is O=C=C([C](c1ccccc1)C(C=O)c1ccccc1)c1ccccc1. The van der Waals surface area contributed by atoms with Crippen molar-refractivity contribution < 1.29 is 9.59 Å². The van der Waals surface area contributed by atoms with E-state index in [1.807, 2.05) is 91.0 Å². The fraction of sp³-hybridized carbons (Fsp3) is 0.0435. The summed E-state index contributed by atoms with van der Waals surface area (Å²) in [6, 6.07) is 28.4. The van der Waals surface area contributed by atoms with Crippen molar-refractivity contribution >= 4 is 17.8 Å². The molecule has 25 heavy (non-hydrogen) atoms. The van der Waals surface area contributed by atoms with Gasteiger partial charge < -0.3 is 4.79 Å². The predicted molar refractivity (Wildman–Crippen MR) is 99.6 cm³/mol. The molecule has 0 amide bonds. The summed E-state index contributed by atoms with van der Waals surface area (Å²) in [5.41, 5.74) is 2.84. The molecule has 0 saturated heterocycles. The monoisotopic (exact) mass is 325 g/mol. The van der Waals surface area contributed by atoms with E-state index in [0.29, 0.717) is 11.5 Å². The minimum Gasteiger partial charge on any atom is -0.303 e. The largest absolute Gasteiger partial charge is 0.303 e. The highest BCUT2D eigenvalue weighted by molar-refractivity contribution is 6.00. The van der Waals surface area contributed by atoms with Crippen LogP contribution in [0.3, 0.4) is 0 Å². The lowest BCUT2D eigenvalue weighted by atomic mass is 9.76. The smallest absolute Gasteiger partial charge is 0.129 e. The summed E-state index contributed by atoms with van der Waals surface area (Å²) in [6.45, 7) is 0. The van der Waals surface area contributed by atoms with Crippen LogP contribution >= 0.6 is 0 Å². The minimum absolute atomic E-state index is 0.410. The number of hydrogen-bond acceptors (Lipinski definition) is 2. The molecule has 0 aliphatic rings. The van der Waals surface area contributed by atoms with Crippen molar-refractivity contribution in [2.24, 2.45) is 0 Å². The Kier molecular flexibility index (Phi) is 5.36. The van der Waals surface area contributed by atoms with E-state index in [1.165, 1.54) is 0 Å². The molecule has 0 N–H and O–H groups in total. The molecule has 3 aromatic rings. The lowest BCUT2D eigenvalue weighted by Crippen LogP contribution is -2.16. The van der Waals surface area contributed by atoms with E-state index in [-0.39, 0.29) is 0 Å². The summed E-state index contributed by atoms with van der Waals surface area (Å²) in [6.07, 6.45) is 0.887. The predicted octanol–water partition coefficient (Wildman–Crippen LogP) is 4.51. The van der Waals surface area contributed by atoms with Crippen LogP contribution in [0.25, 0.3) is 5.57 Å². The fourth-order valence-corrected chi connectivity index (χ4v) is 2.94. The zero-order chi connectivity index (χ0) is 17.5. The lowest BCUT2D eigenvalue weighted by molar-refractivity contribution is -0.108. The number of aldehydes is 1. The first-order valence-corrected chi connectivity index (χ1v) is 8.08. The molecule has 0 spiro atoms. The van der Waals surface area contributed by atoms with Gasteiger partial charge in [-0.1, -0.05) is 91.0 Å². The molecule has 0 saturated carbocycles. The Bertz CT molecular complexity index is 864. The topological polar surface area (TPSA) is 34.1 Å². The summed E-state index contributed by atoms with van der Waals surface area (Å²) in [4.78, 5) is 23.9. The summed E-state index contributed by atoms with van der Waals surface area (Å²) in [5.74, 6) is 2.20. The molecule has 0 aliphatic carbocycles. The number of hydrogen-bond donors (Lipinski definition) is 0. The van der Waals surface area contributed by atoms with E-state index >= 15 is 0 Å². The van der Waals surface area contributed by atoms with Crippen LogP contribution in [0.15, 0.2) is 91.0 Å². The van der Waals surface area contributed by atoms with Crippen molar-refractivity contribution in [1.29, 1.82) is 0 Å². The van der Waals surface area contributed by atoms with Crippen molar-refractivity contribution in [2.45, 2.75) is 5.92 Å². The highest BCUT2D eigenvalue weighted by Gasteiger charge is 2.30. The Morgan fingerprint density at radius 2 is 1.20 bits per heavy atom. The maximum Gasteiger partial charge on any atom is 0.129 e. The second kappa shape index (κ2) is 8.05. The Morgan fingerprint density at radius 3 is 1.68 bits per heavy atom. The van der Waals surface area contributed by atoms with E-state index in [9.17, 15) is 9.59 Å². The third kappa shape index (κ3) is 3.65. The Morgan fingerprint density at radius 1 is 0.720 bits per heavy atom. The zero-order valence-corrected chi connectivity index (χ0v) is 13.6. The van der Waals surface area contributed by atoms with Crippen LogP contribution in [0, 0.1) is 5.92 Å². The molecular formula is C23H17O2. The lowest BCUT2D eigenvalue weighted by Gasteiger charge is -2.24. The molecule has 0 fully saturated rings. The molecule has 2 nitrogen and oxygen atoms in total. The van der Waals surface area contributed by atoms with Crippen molar-refractivity contribution in [3.05, 3.63) is 114 Å². The van der Waals surface area contributed by atoms with Gasteiger partial charge in [0.25, 0.3) is 0 Å². The third-order valence-corrected chi connectivity index (χ3v) is 4.12. The number of benzene rings is 3. The van der Waals surface area contributed by atoms with Gasteiger partial charge in [0.15, 0.2) is 0 Å². The molecule has 121 valence electrons. The molecule has 0 heterocycles. The number of allylic oxidation sites excluding steroid dienone is 1. The van der Waals surface area contributed by atoms with Gasteiger partial charge in [-0.3, -0.25) is 0 Å². The summed E-state index contributed by atoms with van der Waals surface area (Å²) < 4.78 is 0.